The second kappa shape index (κ2) is 9.53. The van der Waals surface area contributed by atoms with E-state index >= 15 is 0 Å². The highest BCUT2D eigenvalue weighted by atomic mass is 79.9. The van der Waals surface area contributed by atoms with Crippen LogP contribution in [-0.2, 0) is 6.54 Å². The maximum absolute atomic E-state index is 12.7. The van der Waals surface area contributed by atoms with Gasteiger partial charge < -0.3 is 10.2 Å². The molecule has 174 valence electrons. The molecule has 1 fully saturated rings. The Balaban J connectivity index is 1.27. The van der Waals surface area contributed by atoms with Gasteiger partial charge in [-0.2, -0.15) is 0 Å². The molecule has 11 heteroatoms. The highest BCUT2D eigenvalue weighted by molar-refractivity contribution is 9.10. The molecule has 5 rings (SSSR count). The number of carbonyl (C=O) groups is 1. The van der Waals surface area contributed by atoms with Gasteiger partial charge in [-0.25, -0.2) is 9.78 Å². The monoisotopic (exact) mass is 540 g/mol. The maximum Gasteiger partial charge on any atom is 0.321 e. The first-order valence-corrected chi connectivity index (χ1v) is 12.4. The molecule has 0 atom stereocenters. The Morgan fingerprint density at radius 3 is 2.47 bits per heavy atom. The lowest BCUT2D eigenvalue weighted by molar-refractivity contribution is -0.384. The van der Waals surface area contributed by atoms with Gasteiger partial charge in [0.1, 0.15) is 0 Å². The van der Waals surface area contributed by atoms with Gasteiger partial charge in [0.05, 0.1) is 16.3 Å². The maximum atomic E-state index is 12.7. The van der Waals surface area contributed by atoms with Crippen LogP contribution in [-0.4, -0.2) is 56.3 Å². The summed E-state index contributed by atoms with van der Waals surface area (Å²) in [6.45, 7) is 3.41. The van der Waals surface area contributed by atoms with Crippen LogP contribution in [0.5, 0.6) is 0 Å². The number of aromatic nitrogens is 2. The fraction of sp³-hybridized carbons (Fsp3) is 0.217. The minimum absolute atomic E-state index is 0.0591. The van der Waals surface area contributed by atoms with Crippen LogP contribution in [0.15, 0.2) is 64.6 Å². The SMILES string of the molecule is O=C(Nc1ccc(Br)cc1)N1CCN(Cc2c(-c3ccc([N+](=O)[O-])cc3)nc3sccn23)CC1. The number of fused-ring (bicyclic) bond motifs is 1. The molecule has 0 unspecified atom stereocenters. The summed E-state index contributed by atoms with van der Waals surface area (Å²) >= 11 is 4.95. The van der Waals surface area contributed by atoms with Gasteiger partial charge in [0.25, 0.3) is 5.69 Å². The summed E-state index contributed by atoms with van der Waals surface area (Å²) < 4.78 is 3.04. The van der Waals surface area contributed by atoms with Crippen LogP contribution in [0.1, 0.15) is 5.69 Å². The van der Waals surface area contributed by atoms with Gasteiger partial charge in [-0.05, 0) is 36.4 Å². The number of carbonyl (C=O) groups excluding carboxylic acids is 1. The molecule has 3 heterocycles. The highest BCUT2D eigenvalue weighted by Gasteiger charge is 2.24. The lowest BCUT2D eigenvalue weighted by Gasteiger charge is -2.34. The second-order valence-electron chi connectivity index (χ2n) is 7.97. The molecule has 0 bridgehead atoms. The molecular weight excluding hydrogens is 520 g/mol. The zero-order valence-corrected chi connectivity index (χ0v) is 20.5. The lowest BCUT2D eigenvalue weighted by atomic mass is 10.1. The fourth-order valence-corrected chi connectivity index (χ4v) is 5.01. The largest absolute Gasteiger partial charge is 0.322 e. The number of piperazine rings is 1. The molecule has 2 amide bonds. The van der Waals surface area contributed by atoms with E-state index in [9.17, 15) is 14.9 Å². The Morgan fingerprint density at radius 1 is 1.09 bits per heavy atom. The van der Waals surface area contributed by atoms with Crippen LogP contribution in [0.4, 0.5) is 16.2 Å². The first-order chi connectivity index (χ1) is 16.5. The van der Waals surface area contributed by atoms with Gasteiger partial charge in [0.2, 0.25) is 0 Å². The van der Waals surface area contributed by atoms with E-state index in [1.807, 2.05) is 40.7 Å². The third-order valence-electron chi connectivity index (χ3n) is 5.84. The van der Waals surface area contributed by atoms with Crippen LogP contribution in [0, 0.1) is 10.1 Å². The van der Waals surface area contributed by atoms with Crippen molar-refractivity contribution in [3.8, 4) is 11.3 Å². The normalized spacial score (nSPS) is 14.4. The number of hydrogen-bond donors (Lipinski definition) is 1. The Labute approximate surface area is 207 Å². The van der Waals surface area contributed by atoms with E-state index in [1.165, 1.54) is 12.1 Å². The number of halogens is 1. The van der Waals surface area contributed by atoms with Crippen molar-refractivity contribution in [1.29, 1.82) is 0 Å². The molecule has 34 heavy (non-hydrogen) atoms. The number of nitro groups is 1. The van der Waals surface area contributed by atoms with Crippen LogP contribution in [0.25, 0.3) is 16.2 Å². The molecule has 9 nitrogen and oxygen atoms in total. The predicted octanol–water partition coefficient (Wildman–Crippen LogP) is 5.08. The summed E-state index contributed by atoms with van der Waals surface area (Å²) in [7, 11) is 0. The van der Waals surface area contributed by atoms with Crippen molar-refractivity contribution >= 4 is 49.6 Å². The number of anilines is 1. The number of amides is 2. The molecule has 1 saturated heterocycles. The van der Waals surface area contributed by atoms with E-state index in [4.69, 9.17) is 4.98 Å². The van der Waals surface area contributed by atoms with Crippen molar-refractivity contribution in [3.63, 3.8) is 0 Å². The van der Waals surface area contributed by atoms with Crippen molar-refractivity contribution < 1.29 is 9.72 Å². The van der Waals surface area contributed by atoms with Crippen LogP contribution >= 0.6 is 27.3 Å². The van der Waals surface area contributed by atoms with Gasteiger partial charge in [-0.1, -0.05) is 15.9 Å². The zero-order valence-electron chi connectivity index (χ0n) is 18.1. The number of thiazole rings is 1. The molecule has 1 aliphatic rings. The first-order valence-electron chi connectivity index (χ1n) is 10.7. The standard InChI is InChI=1S/C23H21BrN6O3S/c24-17-3-5-18(6-4-17)25-22(31)28-11-9-27(10-12-28)15-20-21(26-23-29(20)13-14-34-23)16-1-7-19(8-2-16)30(32)33/h1-8,13-14H,9-12,15H2,(H,25,31). The molecule has 0 radical (unpaired) electrons. The summed E-state index contributed by atoms with van der Waals surface area (Å²) in [6.07, 6.45) is 2.00. The molecule has 2 aromatic heterocycles. The highest BCUT2D eigenvalue weighted by Crippen LogP contribution is 2.29. The van der Waals surface area contributed by atoms with E-state index in [-0.39, 0.29) is 11.7 Å². The summed E-state index contributed by atoms with van der Waals surface area (Å²) in [5.41, 5.74) is 3.55. The van der Waals surface area contributed by atoms with Gasteiger partial charge in [0, 0.05) is 72.2 Å². The van der Waals surface area contributed by atoms with E-state index in [1.54, 1.807) is 23.5 Å². The van der Waals surface area contributed by atoms with E-state index in [0.29, 0.717) is 19.6 Å². The van der Waals surface area contributed by atoms with Crippen LogP contribution < -0.4 is 5.32 Å². The van der Waals surface area contributed by atoms with Gasteiger partial charge in [-0.15, -0.1) is 11.3 Å². The van der Waals surface area contributed by atoms with Gasteiger partial charge >= 0.3 is 6.03 Å². The number of nitro benzene ring substituents is 1. The Hall–Kier alpha value is -3.28. The molecule has 0 saturated carbocycles. The number of nitrogens with one attached hydrogen (secondary N) is 1. The Kier molecular flexibility index (Phi) is 6.31. The molecule has 1 N–H and O–H groups in total. The third-order valence-corrected chi connectivity index (χ3v) is 7.13. The average molecular weight is 541 g/mol. The topological polar surface area (TPSA) is 96.0 Å². The lowest BCUT2D eigenvalue weighted by Crippen LogP contribution is -2.49. The van der Waals surface area contributed by atoms with Crippen molar-refractivity contribution in [3.05, 3.63) is 80.4 Å². The van der Waals surface area contributed by atoms with E-state index in [2.05, 4.69) is 30.5 Å². The molecule has 0 aliphatic carbocycles. The zero-order chi connectivity index (χ0) is 23.7. The summed E-state index contributed by atoms with van der Waals surface area (Å²) in [4.78, 5) is 33.1. The molecule has 2 aromatic carbocycles. The summed E-state index contributed by atoms with van der Waals surface area (Å²) in [5.74, 6) is 0. The molecular formula is C23H21BrN6O3S. The van der Waals surface area contributed by atoms with Crippen LogP contribution in [0.2, 0.25) is 0 Å². The number of hydrogen-bond acceptors (Lipinski definition) is 6. The summed E-state index contributed by atoms with van der Waals surface area (Å²) in [5, 5.41) is 16.0. The quantitative estimate of drug-likeness (QED) is 0.281. The molecule has 1 aliphatic heterocycles. The van der Waals surface area contributed by atoms with Crippen molar-refractivity contribution in [2.24, 2.45) is 0 Å². The third kappa shape index (κ3) is 4.67. The number of imidazole rings is 1. The average Bonchev–Trinajstić information content (AvgIpc) is 3.44. The number of benzene rings is 2. The fourth-order valence-electron chi connectivity index (χ4n) is 4.01. The molecule has 0 spiro atoms. The minimum atomic E-state index is -0.400. The Morgan fingerprint density at radius 2 is 1.79 bits per heavy atom. The number of non-ortho nitro benzene ring substituents is 1. The number of urea groups is 1. The summed E-state index contributed by atoms with van der Waals surface area (Å²) in [6, 6.07) is 13.9. The van der Waals surface area contributed by atoms with Crippen molar-refractivity contribution in [2.75, 3.05) is 31.5 Å². The smallest absolute Gasteiger partial charge is 0.321 e. The van der Waals surface area contributed by atoms with E-state index in [0.717, 1.165) is 45.2 Å². The van der Waals surface area contributed by atoms with Gasteiger partial charge in [0.15, 0.2) is 4.96 Å². The molecule has 4 aromatic rings. The second-order valence-corrected chi connectivity index (χ2v) is 9.76. The minimum Gasteiger partial charge on any atom is -0.322 e. The van der Waals surface area contributed by atoms with Crippen molar-refractivity contribution in [1.82, 2.24) is 19.2 Å². The first kappa shape index (κ1) is 22.5. The van der Waals surface area contributed by atoms with Gasteiger partial charge in [-0.3, -0.25) is 19.4 Å². The van der Waals surface area contributed by atoms with Crippen LogP contribution in [0.3, 0.4) is 0 Å². The Bertz CT molecular complexity index is 1330. The van der Waals surface area contributed by atoms with Crippen molar-refractivity contribution in [2.45, 2.75) is 6.54 Å². The number of rotatable bonds is 5. The van der Waals surface area contributed by atoms with E-state index < -0.39 is 4.92 Å². The number of nitrogens with zero attached hydrogens (tertiary/aromatic N) is 5. The predicted molar refractivity (Wildman–Crippen MR) is 135 cm³/mol.